The van der Waals surface area contributed by atoms with Crippen LogP contribution in [-0.2, 0) is 7.05 Å². The van der Waals surface area contributed by atoms with Gasteiger partial charge in [0.15, 0.2) is 28.7 Å². The van der Waals surface area contributed by atoms with E-state index >= 15 is 0 Å². The van der Waals surface area contributed by atoms with Gasteiger partial charge in [0.1, 0.15) is 0 Å². The van der Waals surface area contributed by atoms with Crippen molar-refractivity contribution in [3.05, 3.63) is 131 Å². The molecule has 6 rings (SSSR count). The first kappa shape index (κ1) is 23.7. The molecule has 0 saturated heterocycles. The quantitative estimate of drug-likeness (QED) is 0.161. The normalized spacial score (nSPS) is 11.4. The summed E-state index contributed by atoms with van der Waals surface area (Å²) in [5.41, 5.74) is 0.296. The van der Waals surface area contributed by atoms with E-state index in [-0.39, 0.29) is 22.4 Å². The summed E-state index contributed by atoms with van der Waals surface area (Å²) in [6.45, 7) is 0. The third-order valence-electron chi connectivity index (χ3n) is 6.95. The van der Waals surface area contributed by atoms with Crippen molar-refractivity contribution < 1.29 is 17.6 Å². The van der Waals surface area contributed by atoms with E-state index in [0.29, 0.717) is 21.5 Å². The van der Waals surface area contributed by atoms with Crippen LogP contribution in [0.4, 0.5) is 17.6 Å². The standard InChI is InChI=1S/C32H19F4NO/c1-37-27-12-6-4-9-21(27)19-8-2-3-11-23(19)32(38)24-16-18(29-30(35)25(33)17-26(34)31(29)36)14-15-20(24)22-10-5-7-13-28(22)37/h2-17H,1H3. The summed E-state index contributed by atoms with van der Waals surface area (Å²) in [5.74, 6) is -6.07. The molecule has 186 valence electrons. The van der Waals surface area contributed by atoms with Crippen molar-refractivity contribution in [1.29, 1.82) is 0 Å². The predicted octanol–water partition coefficient (Wildman–Crippen LogP) is 8.35. The number of hydrogen-bond donors (Lipinski definition) is 0. The summed E-state index contributed by atoms with van der Waals surface area (Å²) in [6.07, 6.45) is 0. The molecule has 0 aliphatic carbocycles. The van der Waals surface area contributed by atoms with Gasteiger partial charge in [0.05, 0.1) is 5.56 Å². The predicted molar refractivity (Wildman–Crippen MR) is 145 cm³/mol. The Labute approximate surface area is 214 Å². The van der Waals surface area contributed by atoms with Gasteiger partial charge >= 0.3 is 0 Å². The van der Waals surface area contributed by atoms with Gasteiger partial charge in [-0.1, -0.05) is 72.8 Å². The minimum absolute atomic E-state index is 0.147. The number of para-hydroxylation sites is 2. The summed E-state index contributed by atoms with van der Waals surface area (Å²) in [6, 6.07) is 26.7. The van der Waals surface area contributed by atoms with Crippen molar-refractivity contribution in [2.24, 2.45) is 7.05 Å². The largest absolute Gasteiger partial charge is 0.344 e. The molecule has 5 aromatic carbocycles. The van der Waals surface area contributed by atoms with E-state index in [4.69, 9.17) is 0 Å². The Morgan fingerprint density at radius 1 is 0.526 bits per heavy atom. The maximum atomic E-state index is 14.7. The van der Waals surface area contributed by atoms with Gasteiger partial charge in [0, 0.05) is 45.7 Å². The molecule has 0 radical (unpaired) electrons. The fourth-order valence-corrected chi connectivity index (χ4v) is 5.13. The molecular weight excluding hydrogens is 490 g/mol. The molecule has 0 atom stereocenters. The second kappa shape index (κ2) is 8.99. The number of nitrogens with zero attached hydrogens (tertiary/aromatic N) is 1. The van der Waals surface area contributed by atoms with Gasteiger partial charge in [-0.05, 0) is 34.5 Å². The summed E-state index contributed by atoms with van der Waals surface area (Å²) in [4.78, 5) is 14.2. The Bertz CT molecular complexity index is 2040. The average Bonchev–Trinajstić information content (AvgIpc) is 2.95. The highest BCUT2D eigenvalue weighted by molar-refractivity contribution is 6.11. The van der Waals surface area contributed by atoms with Crippen LogP contribution in [0.25, 0.3) is 54.5 Å². The number of fused-ring (bicyclic) bond motifs is 6. The zero-order chi connectivity index (χ0) is 26.6. The van der Waals surface area contributed by atoms with Gasteiger partial charge in [0.25, 0.3) is 0 Å². The van der Waals surface area contributed by atoms with Crippen LogP contribution in [0.1, 0.15) is 0 Å². The first-order valence-electron chi connectivity index (χ1n) is 11.9. The smallest absolute Gasteiger partial charge is 0.194 e. The van der Waals surface area contributed by atoms with Crippen LogP contribution < -0.4 is 5.43 Å². The fraction of sp³-hybridized carbons (Fsp3) is 0.0312. The summed E-state index contributed by atoms with van der Waals surface area (Å²) in [5, 5.41) is 3.29. The van der Waals surface area contributed by atoms with Crippen LogP contribution in [0.2, 0.25) is 0 Å². The molecule has 0 aliphatic rings. The molecule has 0 saturated carbocycles. The number of hydrogen-bond acceptors (Lipinski definition) is 1. The van der Waals surface area contributed by atoms with Crippen molar-refractivity contribution in [1.82, 2.24) is 4.57 Å². The molecule has 0 fully saturated rings. The van der Waals surface area contributed by atoms with E-state index in [2.05, 4.69) is 0 Å². The third-order valence-corrected chi connectivity index (χ3v) is 6.95. The lowest BCUT2D eigenvalue weighted by molar-refractivity contribution is 0.458. The van der Waals surface area contributed by atoms with E-state index in [1.807, 2.05) is 72.3 Å². The van der Waals surface area contributed by atoms with Gasteiger partial charge in [-0.3, -0.25) is 4.79 Å². The number of aromatic nitrogens is 1. The SMILES string of the molecule is Cn1c2ccccc2c2ccccc2c(=O)c2cc(-c3c(F)c(F)cc(F)c3F)ccc2c2ccccc21. The van der Waals surface area contributed by atoms with E-state index in [9.17, 15) is 22.4 Å². The van der Waals surface area contributed by atoms with Gasteiger partial charge in [-0.2, -0.15) is 0 Å². The van der Waals surface area contributed by atoms with Gasteiger partial charge in [0.2, 0.25) is 0 Å². The Kier molecular flexibility index (Phi) is 5.60. The number of benzene rings is 5. The Morgan fingerprint density at radius 2 is 1.00 bits per heavy atom. The van der Waals surface area contributed by atoms with Crippen LogP contribution in [0.5, 0.6) is 0 Å². The molecule has 2 nitrogen and oxygen atoms in total. The van der Waals surface area contributed by atoms with E-state index in [1.54, 1.807) is 18.2 Å². The molecule has 6 heteroatoms. The molecular formula is C32H19F4NO. The molecule has 0 spiro atoms. The van der Waals surface area contributed by atoms with Gasteiger partial charge < -0.3 is 4.57 Å². The number of rotatable bonds is 1. The zero-order valence-corrected chi connectivity index (χ0v) is 20.1. The van der Waals surface area contributed by atoms with E-state index in [0.717, 1.165) is 16.4 Å². The van der Waals surface area contributed by atoms with Crippen LogP contribution in [0, 0.1) is 23.3 Å². The maximum Gasteiger partial charge on any atom is 0.194 e. The monoisotopic (exact) mass is 509 g/mol. The molecule has 0 bridgehead atoms. The third kappa shape index (κ3) is 3.60. The van der Waals surface area contributed by atoms with Crippen molar-refractivity contribution >= 4 is 43.4 Å². The van der Waals surface area contributed by atoms with E-state index < -0.39 is 28.8 Å². The Hall–Kier alpha value is -4.71. The van der Waals surface area contributed by atoms with E-state index in [1.165, 1.54) is 12.1 Å². The first-order valence-corrected chi connectivity index (χ1v) is 11.9. The molecule has 0 unspecified atom stereocenters. The van der Waals surface area contributed by atoms with Crippen LogP contribution >= 0.6 is 0 Å². The molecule has 0 amide bonds. The van der Waals surface area contributed by atoms with Crippen molar-refractivity contribution in [2.75, 3.05) is 0 Å². The summed E-state index contributed by atoms with van der Waals surface area (Å²) in [7, 11) is 1.93. The molecule has 0 aliphatic heterocycles. The highest BCUT2D eigenvalue weighted by atomic mass is 19.2. The fourth-order valence-electron chi connectivity index (χ4n) is 5.13. The summed E-state index contributed by atoms with van der Waals surface area (Å²) >= 11 is 0. The molecule has 38 heavy (non-hydrogen) atoms. The zero-order valence-electron chi connectivity index (χ0n) is 20.1. The second-order valence-corrected chi connectivity index (χ2v) is 9.07. The topological polar surface area (TPSA) is 22.0 Å². The Morgan fingerprint density at radius 3 is 1.58 bits per heavy atom. The molecule has 1 heterocycles. The molecule has 6 aromatic rings. The highest BCUT2D eigenvalue weighted by Crippen LogP contribution is 2.33. The lowest BCUT2D eigenvalue weighted by atomic mass is 9.97. The van der Waals surface area contributed by atoms with Crippen molar-refractivity contribution in [2.45, 2.75) is 0 Å². The van der Waals surface area contributed by atoms with Crippen molar-refractivity contribution in [3.63, 3.8) is 0 Å². The number of aryl methyl sites for hydroxylation is 1. The van der Waals surface area contributed by atoms with Gasteiger partial charge in [-0.25, -0.2) is 17.6 Å². The summed E-state index contributed by atoms with van der Waals surface area (Å²) < 4.78 is 59.6. The lowest BCUT2D eigenvalue weighted by Crippen LogP contribution is -2.03. The van der Waals surface area contributed by atoms with Crippen LogP contribution in [0.15, 0.2) is 102 Å². The highest BCUT2D eigenvalue weighted by Gasteiger charge is 2.21. The Balaban J connectivity index is 1.93. The lowest BCUT2D eigenvalue weighted by Gasteiger charge is -2.12. The molecule has 1 aromatic heterocycles. The van der Waals surface area contributed by atoms with Crippen LogP contribution in [-0.4, -0.2) is 4.57 Å². The first-order chi connectivity index (χ1) is 18.4. The number of halogens is 4. The average molecular weight is 510 g/mol. The van der Waals surface area contributed by atoms with Crippen molar-refractivity contribution in [3.8, 4) is 11.1 Å². The molecule has 0 N–H and O–H groups in total. The second-order valence-electron chi connectivity index (χ2n) is 9.07. The minimum Gasteiger partial charge on any atom is -0.344 e. The maximum absolute atomic E-state index is 14.7. The minimum atomic E-state index is -1.52. The van der Waals surface area contributed by atoms with Crippen LogP contribution in [0.3, 0.4) is 0 Å². The van der Waals surface area contributed by atoms with Gasteiger partial charge in [-0.15, -0.1) is 0 Å².